The van der Waals surface area contributed by atoms with E-state index in [1.807, 2.05) is 13.8 Å². The van der Waals surface area contributed by atoms with Crippen LogP contribution in [-0.4, -0.2) is 49.7 Å². The second-order valence-electron chi connectivity index (χ2n) is 12.3. The van der Waals surface area contributed by atoms with Crippen molar-refractivity contribution in [1.82, 2.24) is 4.90 Å². The first kappa shape index (κ1) is 39.9. The zero-order valence-electron chi connectivity index (χ0n) is 28.3. The molecule has 0 spiro atoms. The number of unbranched alkanes of at least 4 members (excludes halogenated alkanes) is 19. The van der Waals surface area contributed by atoms with Crippen molar-refractivity contribution in [3.8, 4) is 0 Å². The highest BCUT2D eigenvalue weighted by Crippen LogP contribution is 2.19. The molecule has 0 radical (unpaired) electrons. The lowest BCUT2D eigenvalue weighted by Gasteiger charge is -2.20. The lowest BCUT2D eigenvalue weighted by Crippen LogP contribution is -2.29. The van der Waals surface area contributed by atoms with Crippen molar-refractivity contribution >= 4 is 11.9 Å². The molecule has 5 nitrogen and oxygen atoms in total. The van der Waals surface area contributed by atoms with Gasteiger partial charge in [-0.1, -0.05) is 157 Å². The van der Waals surface area contributed by atoms with Crippen LogP contribution in [0.1, 0.15) is 176 Å². The molecule has 0 amide bonds. The molecule has 0 N–H and O–H groups in total. The summed E-state index contributed by atoms with van der Waals surface area (Å²) in [6.45, 7) is 13.9. The first-order valence-electron chi connectivity index (χ1n) is 18.1. The summed E-state index contributed by atoms with van der Waals surface area (Å²) >= 11 is 0. The molecule has 0 bridgehead atoms. The zero-order chi connectivity index (χ0) is 30.4. The number of likely N-dealkylation sites (N-methyl/N-ethyl adjacent to an activating group) is 1. The molecule has 0 aliphatic carbocycles. The normalized spacial score (nSPS) is 12.9. The van der Waals surface area contributed by atoms with E-state index < -0.39 is 0 Å². The van der Waals surface area contributed by atoms with Gasteiger partial charge in [0, 0.05) is 6.54 Å². The Morgan fingerprint density at radius 2 is 0.927 bits per heavy atom. The van der Waals surface area contributed by atoms with Gasteiger partial charge in [0.05, 0.1) is 18.4 Å². The van der Waals surface area contributed by atoms with E-state index >= 15 is 0 Å². The minimum Gasteiger partial charge on any atom is -0.465 e. The molecule has 0 fully saturated rings. The van der Waals surface area contributed by atoms with Crippen LogP contribution >= 0.6 is 0 Å². The summed E-state index contributed by atoms with van der Waals surface area (Å²) in [5.74, 6) is -0.889. The number of carbonyl (C=O) groups is 2. The quantitative estimate of drug-likeness (QED) is 0.0602. The Hall–Kier alpha value is -1.10. The fourth-order valence-corrected chi connectivity index (χ4v) is 5.56. The molecule has 0 aromatic carbocycles. The van der Waals surface area contributed by atoms with Gasteiger partial charge in [-0.2, -0.15) is 0 Å². The topological polar surface area (TPSA) is 55.8 Å². The van der Waals surface area contributed by atoms with Crippen LogP contribution in [0.2, 0.25) is 0 Å². The molecular weight excluding hydrogens is 510 g/mol. The van der Waals surface area contributed by atoms with Crippen molar-refractivity contribution in [3.05, 3.63) is 0 Å². The second kappa shape index (κ2) is 30.4. The maximum absolute atomic E-state index is 12.5. The smallest absolute Gasteiger partial charge is 0.308 e. The Balaban J connectivity index is 3.58. The third kappa shape index (κ3) is 25.1. The zero-order valence-corrected chi connectivity index (χ0v) is 28.3. The van der Waals surface area contributed by atoms with Crippen LogP contribution in [0.15, 0.2) is 0 Å². The van der Waals surface area contributed by atoms with Gasteiger partial charge in [0.25, 0.3) is 0 Å². The first-order chi connectivity index (χ1) is 20.0. The lowest BCUT2D eigenvalue weighted by atomic mass is 9.94. The van der Waals surface area contributed by atoms with Gasteiger partial charge in [0.15, 0.2) is 0 Å². The maximum atomic E-state index is 12.5. The highest BCUT2D eigenvalue weighted by molar-refractivity contribution is 5.75. The molecule has 0 aromatic rings. The van der Waals surface area contributed by atoms with Crippen molar-refractivity contribution in [2.45, 2.75) is 176 Å². The van der Waals surface area contributed by atoms with Gasteiger partial charge in [-0.3, -0.25) is 9.59 Å². The van der Waals surface area contributed by atoms with E-state index in [1.165, 1.54) is 116 Å². The van der Waals surface area contributed by atoms with E-state index in [2.05, 4.69) is 25.7 Å². The van der Waals surface area contributed by atoms with Gasteiger partial charge in [-0.25, -0.2) is 0 Å². The van der Waals surface area contributed by atoms with E-state index in [4.69, 9.17) is 9.47 Å². The SMILES string of the molecule is CCCCCCCCCCCCCCCCCCCCCCOC(=O)C(CC)CC(C)C(=O)OCCN(CC)CC. The summed E-state index contributed by atoms with van der Waals surface area (Å²) in [5.41, 5.74) is 0. The van der Waals surface area contributed by atoms with Gasteiger partial charge in [-0.15, -0.1) is 0 Å². The minimum atomic E-state index is -0.288. The molecule has 2 atom stereocenters. The Morgan fingerprint density at radius 1 is 0.537 bits per heavy atom. The molecular formula is C36H71NO4. The third-order valence-corrected chi connectivity index (χ3v) is 8.66. The summed E-state index contributed by atoms with van der Waals surface area (Å²) in [7, 11) is 0. The Morgan fingerprint density at radius 3 is 1.32 bits per heavy atom. The number of hydrogen-bond acceptors (Lipinski definition) is 5. The number of rotatable bonds is 31. The predicted molar refractivity (Wildman–Crippen MR) is 175 cm³/mol. The van der Waals surface area contributed by atoms with Crippen LogP contribution in [0.25, 0.3) is 0 Å². The van der Waals surface area contributed by atoms with Gasteiger partial charge >= 0.3 is 11.9 Å². The van der Waals surface area contributed by atoms with E-state index in [-0.39, 0.29) is 23.8 Å². The van der Waals surface area contributed by atoms with Gasteiger partial charge in [0.1, 0.15) is 6.61 Å². The first-order valence-corrected chi connectivity index (χ1v) is 18.1. The van der Waals surface area contributed by atoms with Crippen LogP contribution in [0.3, 0.4) is 0 Å². The van der Waals surface area contributed by atoms with Crippen molar-refractivity contribution in [3.63, 3.8) is 0 Å². The van der Waals surface area contributed by atoms with Crippen molar-refractivity contribution in [2.24, 2.45) is 11.8 Å². The van der Waals surface area contributed by atoms with Gasteiger partial charge < -0.3 is 14.4 Å². The standard InChI is InChI=1S/C36H71NO4/c1-6-10-11-12-13-14-15-16-17-18-19-20-21-22-23-24-25-26-27-28-30-40-36(39)34(7-2)32-33(5)35(38)41-31-29-37(8-3)9-4/h33-34H,6-32H2,1-5H3. The van der Waals surface area contributed by atoms with Gasteiger partial charge in [0.2, 0.25) is 0 Å². The Kier molecular flexibility index (Phi) is 29.5. The number of carbonyl (C=O) groups excluding carboxylic acids is 2. The Labute approximate surface area is 256 Å². The molecule has 244 valence electrons. The summed E-state index contributed by atoms with van der Waals surface area (Å²) in [6, 6.07) is 0. The summed E-state index contributed by atoms with van der Waals surface area (Å²) < 4.78 is 11.0. The fraction of sp³-hybridized carbons (Fsp3) is 0.944. The lowest BCUT2D eigenvalue weighted by molar-refractivity contribution is -0.152. The second-order valence-corrected chi connectivity index (χ2v) is 12.3. The molecule has 0 saturated carbocycles. The molecule has 0 rings (SSSR count). The molecule has 0 aromatic heterocycles. The summed E-state index contributed by atoms with van der Waals surface area (Å²) in [4.78, 5) is 27.1. The minimum absolute atomic E-state index is 0.159. The van der Waals surface area contributed by atoms with E-state index in [0.29, 0.717) is 26.1 Å². The summed E-state index contributed by atoms with van der Waals surface area (Å²) in [6.07, 6.45) is 28.4. The van der Waals surface area contributed by atoms with Crippen molar-refractivity contribution in [1.29, 1.82) is 0 Å². The van der Waals surface area contributed by atoms with Gasteiger partial charge in [-0.05, 0) is 32.4 Å². The number of hydrogen-bond donors (Lipinski definition) is 0. The van der Waals surface area contributed by atoms with Crippen LogP contribution < -0.4 is 0 Å². The predicted octanol–water partition coefficient (Wildman–Crippen LogP) is 10.3. The average Bonchev–Trinajstić information content (AvgIpc) is 2.98. The molecule has 0 aliphatic rings. The van der Waals surface area contributed by atoms with E-state index in [9.17, 15) is 9.59 Å². The third-order valence-electron chi connectivity index (χ3n) is 8.66. The number of nitrogens with zero attached hydrogens (tertiary/aromatic N) is 1. The van der Waals surface area contributed by atoms with Crippen molar-refractivity contribution in [2.75, 3.05) is 32.8 Å². The highest BCUT2D eigenvalue weighted by Gasteiger charge is 2.25. The number of ether oxygens (including phenoxy) is 2. The van der Waals surface area contributed by atoms with Crippen LogP contribution in [0.5, 0.6) is 0 Å². The largest absolute Gasteiger partial charge is 0.465 e. The Bertz CT molecular complexity index is 578. The monoisotopic (exact) mass is 582 g/mol. The molecule has 0 aliphatic heterocycles. The fourth-order valence-electron chi connectivity index (χ4n) is 5.56. The van der Waals surface area contributed by atoms with Crippen LogP contribution in [0, 0.1) is 11.8 Å². The van der Waals surface area contributed by atoms with Crippen molar-refractivity contribution < 1.29 is 19.1 Å². The highest BCUT2D eigenvalue weighted by atomic mass is 16.5. The van der Waals surface area contributed by atoms with E-state index in [0.717, 1.165) is 32.5 Å². The summed E-state index contributed by atoms with van der Waals surface area (Å²) in [5, 5.41) is 0. The maximum Gasteiger partial charge on any atom is 0.308 e. The molecule has 0 saturated heterocycles. The molecule has 2 unspecified atom stereocenters. The molecule has 5 heteroatoms. The molecule has 41 heavy (non-hydrogen) atoms. The number of esters is 2. The van der Waals surface area contributed by atoms with Crippen LogP contribution in [0.4, 0.5) is 0 Å². The average molecular weight is 582 g/mol. The molecule has 0 heterocycles. The van der Waals surface area contributed by atoms with Crippen LogP contribution in [-0.2, 0) is 19.1 Å². The van der Waals surface area contributed by atoms with E-state index in [1.54, 1.807) is 0 Å².